The van der Waals surface area contributed by atoms with E-state index in [1.807, 2.05) is 53.6 Å². The molecule has 1 amide bonds. The zero-order valence-electron chi connectivity index (χ0n) is 16.2. The molecule has 144 valence electrons. The summed E-state index contributed by atoms with van der Waals surface area (Å²) in [5.41, 5.74) is 3.36. The average Bonchev–Trinajstić information content (AvgIpc) is 3.43. The lowest BCUT2D eigenvalue weighted by Crippen LogP contribution is -2.34. The van der Waals surface area contributed by atoms with Gasteiger partial charge in [0, 0.05) is 17.8 Å². The number of carbonyl (C=O) groups excluding carboxylic acids is 1. The number of anilines is 1. The fourth-order valence-electron chi connectivity index (χ4n) is 3.56. The largest absolute Gasteiger partial charge is 0.497 e. The third-order valence-electron chi connectivity index (χ3n) is 5.20. The van der Waals surface area contributed by atoms with Gasteiger partial charge >= 0.3 is 0 Å². The second-order valence-corrected chi connectivity index (χ2v) is 8.06. The van der Waals surface area contributed by atoms with Crippen LogP contribution in [-0.4, -0.2) is 24.5 Å². The van der Waals surface area contributed by atoms with E-state index in [1.165, 1.54) is 11.1 Å². The number of thiazole rings is 1. The minimum Gasteiger partial charge on any atom is -0.497 e. The van der Waals surface area contributed by atoms with Gasteiger partial charge in [-0.05, 0) is 48.9 Å². The molecule has 5 heteroatoms. The van der Waals surface area contributed by atoms with Gasteiger partial charge in [-0.3, -0.25) is 9.69 Å². The molecule has 0 spiro atoms. The van der Waals surface area contributed by atoms with Crippen LogP contribution in [-0.2, 0) is 11.2 Å². The Bertz CT molecular complexity index is 954. The van der Waals surface area contributed by atoms with E-state index in [0.717, 1.165) is 29.4 Å². The van der Waals surface area contributed by atoms with Crippen molar-refractivity contribution in [2.75, 3.05) is 18.6 Å². The maximum Gasteiger partial charge on any atom is 0.232 e. The van der Waals surface area contributed by atoms with Gasteiger partial charge < -0.3 is 4.74 Å². The van der Waals surface area contributed by atoms with Crippen LogP contribution in [0.1, 0.15) is 29.2 Å². The summed E-state index contributed by atoms with van der Waals surface area (Å²) in [6, 6.07) is 18.3. The summed E-state index contributed by atoms with van der Waals surface area (Å²) in [7, 11) is 1.67. The van der Waals surface area contributed by atoms with Crippen LogP contribution in [0.15, 0.2) is 60.0 Å². The van der Waals surface area contributed by atoms with E-state index in [4.69, 9.17) is 4.74 Å². The van der Waals surface area contributed by atoms with E-state index in [2.05, 4.69) is 23.2 Å². The molecule has 0 N–H and O–H groups in total. The van der Waals surface area contributed by atoms with E-state index in [0.29, 0.717) is 6.54 Å². The second-order valence-electron chi connectivity index (χ2n) is 7.22. The Morgan fingerprint density at radius 1 is 1.21 bits per heavy atom. The molecule has 1 saturated carbocycles. The number of methoxy groups -OCH3 is 1. The van der Waals surface area contributed by atoms with Gasteiger partial charge in [0.25, 0.3) is 0 Å². The van der Waals surface area contributed by atoms with E-state index in [9.17, 15) is 4.79 Å². The first kappa shape index (κ1) is 18.7. The summed E-state index contributed by atoms with van der Waals surface area (Å²) in [5, 5.41) is 2.81. The van der Waals surface area contributed by atoms with Gasteiger partial charge in [0.1, 0.15) is 5.75 Å². The monoisotopic (exact) mass is 392 g/mol. The van der Waals surface area contributed by atoms with Crippen molar-refractivity contribution < 1.29 is 9.53 Å². The topological polar surface area (TPSA) is 42.4 Å². The molecule has 0 bridgehead atoms. The third-order valence-corrected chi connectivity index (χ3v) is 6.18. The zero-order valence-corrected chi connectivity index (χ0v) is 17.0. The molecule has 1 aromatic heterocycles. The van der Waals surface area contributed by atoms with Gasteiger partial charge in [0.05, 0.1) is 12.8 Å². The van der Waals surface area contributed by atoms with Crippen molar-refractivity contribution in [3.8, 4) is 5.75 Å². The van der Waals surface area contributed by atoms with Crippen LogP contribution < -0.4 is 9.64 Å². The maximum atomic E-state index is 13.3. The third kappa shape index (κ3) is 4.09. The summed E-state index contributed by atoms with van der Waals surface area (Å²) in [6.45, 7) is 2.62. The van der Waals surface area contributed by atoms with Gasteiger partial charge in [-0.1, -0.05) is 42.5 Å². The standard InChI is InChI=1S/C23H24N2O2S/c1-16-15-28-23(24-16)25(12-11-17-7-4-3-5-8-17)22(26)21-14-20(21)18-9-6-10-19(13-18)27-2/h3-10,13,15,20-21H,11-12,14H2,1-2H3/t20-,21+/m1/s1. The van der Waals surface area contributed by atoms with Crippen molar-refractivity contribution in [3.63, 3.8) is 0 Å². The van der Waals surface area contributed by atoms with Crippen molar-refractivity contribution >= 4 is 22.4 Å². The van der Waals surface area contributed by atoms with Gasteiger partial charge in [0.15, 0.2) is 5.13 Å². The Kier molecular flexibility index (Phi) is 5.44. The Morgan fingerprint density at radius 3 is 2.75 bits per heavy atom. The lowest BCUT2D eigenvalue weighted by molar-refractivity contribution is -0.119. The fourth-order valence-corrected chi connectivity index (χ4v) is 4.39. The number of aromatic nitrogens is 1. The van der Waals surface area contributed by atoms with E-state index >= 15 is 0 Å². The zero-order chi connectivity index (χ0) is 19.5. The first-order valence-corrected chi connectivity index (χ1v) is 10.4. The van der Waals surface area contributed by atoms with E-state index < -0.39 is 0 Å². The van der Waals surface area contributed by atoms with Crippen LogP contribution in [0, 0.1) is 12.8 Å². The first-order valence-electron chi connectivity index (χ1n) is 9.57. The molecule has 2 atom stereocenters. The Morgan fingerprint density at radius 2 is 2.04 bits per heavy atom. The van der Waals surface area contributed by atoms with Crippen LogP contribution in [0.25, 0.3) is 0 Å². The molecule has 1 fully saturated rings. The summed E-state index contributed by atoms with van der Waals surface area (Å²) in [6.07, 6.45) is 1.71. The number of aryl methyl sites for hydroxylation is 1. The van der Waals surface area contributed by atoms with Gasteiger partial charge in [-0.2, -0.15) is 0 Å². The van der Waals surface area contributed by atoms with Gasteiger partial charge in [-0.25, -0.2) is 4.98 Å². The molecule has 0 radical (unpaired) electrons. The molecule has 28 heavy (non-hydrogen) atoms. The number of carbonyl (C=O) groups is 1. The number of amides is 1. The summed E-state index contributed by atoms with van der Waals surface area (Å²) >= 11 is 1.54. The van der Waals surface area contributed by atoms with Crippen molar-refractivity contribution in [3.05, 3.63) is 76.8 Å². The van der Waals surface area contributed by atoms with Gasteiger partial charge in [-0.15, -0.1) is 11.3 Å². The minimum absolute atomic E-state index is 0.0204. The van der Waals surface area contributed by atoms with Crippen LogP contribution in [0.2, 0.25) is 0 Å². The fraction of sp³-hybridized carbons (Fsp3) is 0.304. The molecule has 0 aliphatic heterocycles. The highest BCUT2D eigenvalue weighted by molar-refractivity contribution is 7.14. The van der Waals surface area contributed by atoms with Crippen LogP contribution >= 0.6 is 11.3 Å². The lowest BCUT2D eigenvalue weighted by Gasteiger charge is -2.20. The summed E-state index contributed by atoms with van der Waals surface area (Å²) < 4.78 is 5.33. The predicted octanol–water partition coefficient (Wildman–Crippen LogP) is 4.84. The van der Waals surface area contributed by atoms with Crippen molar-refractivity contribution in [2.45, 2.75) is 25.7 Å². The van der Waals surface area contributed by atoms with Crippen LogP contribution in [0.3, 0.4) is 0 Å². The smallest absolute Gasteiger partial charge is 0.232 e. The SMILES string of the molecule is COc1cccc([C@H]2C[C@@H]2C(=O)N(CCc2ccccc2)c2nc(C)cs2)c1. The minimum atomic E-state index is 0.0204. The van der Waals surface area contributed by atoms with Crippen molar-refractivity contribution in [1.82, 2.24) is 4.98 Å². The predicted molar refractivity (Wildman–Crippen MR) is 113 cm³/mol. The lowest BCUT2D eigenvalue weighted by atomic mass is 10.1. The molecular formula is C23H24N2O2S. The second kappa shape index (κ2) is 8.15. The summed E-state index contributed by atoms with van der Waals surface area (Å²) in [5.74, 6) is 1.31. The van der Waals surface area contributed by atoms with Crippen molar-refractivity contribution in [2.24, 2.45) is 5.92 Å². The first-order chi connectivity index (χ1) is 13.7. The van der Waals surface area contributed by atoms with Gasteiger partial charge in [0.2, 0.25) is 5.91 Å². The number of hydrogen-bond donors (Lipinski definition) is 0. The molecule has 1 aliphatic carbocycles. The quantitative estimate of drug-likeness (QED) is 0.578. The normalized spacial score (nSPS) is 17.9. The number of benzene rings is 2. The highest BCUT2D eigenvalue weighted by Crippen LogP contribution is 2.49. The number of nitrogens with zero attached hydrogens (tertiary/aromatic N) is 2. The maximum absolute atomic E-state index is 13.3. The van der Waals surface area contributed by atoms with Crippen molar-refractivity contribution in [1.29, 1.82) is 0 Å². The van der Waals surface area contributed by atoms with Crippen LogP contribution in [0.4, 0.5) is 5.13 Å². The number of hydrogen-bond acceptors (Lipinski definition) is 4. The number of rotatable bonds is 7. The highest BCUT2D eigenvalue weighted by atomic mass is 32.1. The molecule has 3 aromatic rings. The van der Waals surface area contributed by atoms with Crippen LogP contribution in [0.5, 0.6) is 5.75 Å². The molecule has 4 rings (SSSR count). The Balaban J connectivity index is 1.50. The highest BCUT2D eigenvalue weighted by Gasteiger charge is 2.46. The molecule has 2 aromatic carbocycles. The molecule has 1 aliphatic rings. The Hall–Kier alpha value is -2.66. The van der Waals surface area contributed by atoms with E-state index in [1.54, 1.807) is 18.4 Å². The molecule has 4 nitrogen and oxygen atoms in total. The number of ether oxygens (including phenoxy) is 1. The molecular weight excluding hydrogens is 368 g/mol. The molecule has 0 saturated heterocycles. The average molecular weight is 393 g/mol. The molecule has 0 unspecified atom stereocenters. The van der Waals surface area contributed by atoms with E-state index in [-0.39, 0.29) is 17.7 Å². The Labute approximate surface area is 169 Å². The summed E-state index contributed by atoms with van der Waals surface area (Å²) in [4.78, 5) is 19.8. The molecule has 1 heterocycles.